The van der Waals surface area contributed by atoms with Crippen LogP contribution in [0.1, 0.15) is 44.1 Å². The summed E-state index contributed by atoms with van der Waals surface area (Å²) in [4.78, 5) is 14.4. The predicted molar refractivity (Wildman–Crippen MR) is 115 cm³/mol. The number of amides is 1. The molecule has 0 bridgehead atoms. The third-order valence-electron chi connectivity index (χ3n) is 3.44. The number of benzene rings is 1. The Kier molecular flexibility index (Phi) is 11.8. The predicted octanol–water partition coefficient (Wildman–Crippen LogP) is 0.779. The lowest BCUT2D eigenvalue weighted by Gasteiger charge is -2.26. The Morgan fingerprint density at radius 3 is 2.15 bits per heavy atom. The molecule has 2 rings (SSSR count). The monoisotopic (exact) mass is 347 g/mol. The van der Waals surface area contributed by atoms with Crippen molar-refractivity contribution in [2.75, 3.05) is 26.3 Å². The number of morpholine rings is 1. The first-order chi connectivity index (χ1) is 11.7. The minimum absolute atomic E-state index is 0. The summed E-state index contributed by atoms with van der Waals surface area (Å²) in [5.41, 5.74) is 1.74. The molecule has 1 aromatic rings. The molecule has 1 N–H and O–H groups in total. The van der Waals surface area contributed by atoms with Crippen LogP contribution in [0.4, 0.5) is 0 Å². The topological polar surface area (TPSA) is 41.6 Å². The lowest BCUT2D eigenvalue weighted by Crippen LogP contribution is -2.40. The highest BCUT2D eigenvalue weighted by Crippen LogP contribution is 2.10. The molecular weight excluding hydrogens is 318 g/mol. The maximum Gasteiger partial charge on any atom is 0.251 e. The van der Waals surface area contributed by atoms with Crippen molar-refractivity contribution in [2.45, 2.75) is 40.3 Å². The number of carbonyl (C=O) groups excluding carboxylic acids is 1. The summed E-state index contributed by atoms with van der Waals surface area (Å²) >= 11 is 0. The second kappa shape index (κ2) is 12.3. The Hall–Kier alpha value is -1.07. The Morgan fingerprint density at radius 2 is 1.73 bits per heavy atom. The number of carbonyl (C=O) groups is 1. The molecule has 9 heteroatoms. The zero-order valence-corrected chi connectivity index (χ0v) is 15.5. The van der Waals surface area contributed by atoms with E-state index in [2.05, 4.69) is 10.2 Å². The fraction of sp³-hybridized carbons (Fsp3) is 0.588. The average Bonchev–Trinajstić information content (AvgIpc) is 2.55. The Labute approximate surface area is 164 Å². The summed E-state index contributed by atoms with van der Waals surface area (Å²) < 4.78 is 5.34. The molecule has 1 saturated heterocycles. The highest BCUT2D eigenvalue weighted by atomic mass is 16.5. The maximum atomic E-state index is 12.0. The molecule has 0 atom stereocenters. The number of rotatable bonds is 4. The molecule has 0 unspecified atom stereocenters. The standard InChI is InChI=1S/C16H24N2O2.CH4.B5/c1-16(2,3)17-15(19)14-6-4-13(5-7-14)12-18-8-10-20-11-9-18;;1-4-5(2)3/h4-7H,8-12H2,1-3H3,(H,17,19);1H4;. The second-order valence-corrected chi connectivity index (χ2v) is 7.06. The van der Waals surface area contributed by atoms with Gasteiger partial charge in [-0.1, -0.05) is 19.6 Å². The van der Waals surface area contributed by atoms with Gasteiger partial charge in [-0.05, 0) is 38.5 Å². The molecule has 0 aliphatic carbocycles. The van der Waals surface area contributed by atoms with Gasteiger partial charge in [0.25, 0.3) is 5.91 Å². The van der Waals surface area contributed by atoms with E-state index in [-0.39, 0.29) is 18.9 Å². The summed E-state index contributed by atoms with van der Waals surface area (Å²) in [6.07, 6.45) is -0.463. The molecule has 0 spiro atoms. The van der Waals surface area contributed by atoms with Gasteiger partial charge in [0.15, 0.2) is 0 Å². The Bertz CT molecular complexity index is 515. The van der Waals surface area contributed by atoms with E-state index in [1.165, 1.54) is 12.6 Å². The van der Waals surface area contributed by atoms with Gasteiger partial charge in [-0.3, -0.25) is 9.69 Å². The number of hydrogen-bond donors (Lipinski definition) is 1. The van der Waals surface area contributed by atoms with Crippen molar-refractivity contribution < 1.29 is 9.53 Å². The van der Waals surface area contributed by atoms with Gasteiger partial charge >= 0.3 is 0 Å². The third kappa shape index (κ3) is 10.8. The summed E-state index contributed by atoms with van der Waals surface area (Å²) in [6.45, 7) is 10.5. The zero-order valence-electron chi connectivity index (χ0n) is 15.5. The number of nitrogens with one attached hydrogen (secondary N) is 1. The first kappa shape index (κ1) is 24.9. The quantitative estimate of drug-likeness (QED) is 0.819. The van der Waals surface area contributed by atoms with E-state index in [4.69, 9.17) is 27.9 Å². The van der Waals surface area contributed by atoms with Gasteiger partial charge in [0.05, 0.1) is 13.2 Å². The minimum Gasteiger partial charge on any atom is -0.379 e. The summed E-state index contributed by atoms with van der Waals surface area (Å²) in [5, 5.41) is 2.97. The molecule has 0 saturated carbocycles. The van der Waals surface area contributed by atoms with Crippen molar-refractivity contribution in [1.29, 1.82) is 0 Å². The van der Waals surface area contributed by atoms with Gasteiger partial charge in [-0.25, -0.2) is 0 Å². The smallest absolute Gasteiger partial charge is 0.251 e. The van der Waals surface area contributed by atoms with Gasteiger partial charge in [0.1, 0.15) is 0 Å². The van der Waals surface area contributed by atoms with Crippen LogP contribution in [0.15, 0.2) is 24.3 Å². The number of ether oxygens (including phenoxy) is 1. The summed E-state index contributed by atoms with van der Waals surface area (Å²) in [5.74, 6) is -0.0181. The van der Waals surface area contributed by atoms with Crippen molar-refractivity contribution >= 4 is 42.6 Å². The van der Waals surface area contributed by atoms with Crippen LogP contribution in [0.25, 0.3) is 0 Å². The van der Waals surface area contributed by atoms with E-state index in [1.807, 2.05) is 45.0 Å². The molecule has 133 valence electrons. The van der Waals surface area contributed by atoms with Crippen LogP contribution < -0.4 is 5.32 Å². The van der Waals surface area contributed by atoms with E-state index in [0.29, 0.717) is 5.56 Å². The van der Waals surface area contributed by atoms with E-state index in [9.17, 15) is 4.79 Å². The molecule has 4 nitrogen and oxygen atoms in total. The van der Waals surface area contributed by atoms with Crippen molar-refractivity contribution in [2.24, 2.45) is 0 Å². The maximum absolute atomic E-state index is 12.0. The van der Waals surface area contributed by atoms with E-state index in [0.717, 1.165) is 32.8 Å². The Morgan fingerprint density at radius 1 is 1.23 bits per heavy atom. The molecule has 26 heavy (non-hydrogen) atoms. The first-order valence-electron chi connectivity index (χ1n) is 8.49. The van der Waals surface area contributed by atoms with Crippen molar-refractivity contribution in [1.82, 2.24) is 10.2 Å². The van der Waals surface area contributed by atoms with Crippen molar-refractivity contribution in [3.05, 3.63) is 35.4 Å². The van der Waals surface area contributed by atoms with Crippen LogP contribution in [0, 0.1) is 0 Å². The van der Waals surface area contributed by atoms with Gasteiger partial charge in [0.2, 0.25) is 0 Å². The third-order valence-corrected chi connectivity index (χ3v) is 3.44. The van der Waals surface area contributed by atoms with Gasteiger partial charge in [-0.15, -0.1) is 0 Å². The fourth-order valence-corrected chi connectivity index (χ4v) is 2.19. The molecule has 1 fully saturated rings. The van der Waals surface area contributed by atoms with Gasteiger partial charge < -0.3 is 10.1 Å². The summed E-state index contributed by atoms with van der Waals surface area (Å²) in [7, 11) is 15.8. The van der Waals surface area contributed by atoms with Crippen molar-refractivity contribution in [3.63, 3.8) is 0 Å². The molecule has 7 radical (unpaired) electrons. The van der Waals surface area contributed by atoms with Crippen LogP contribution >= 0.6 is 0 Å². The first-order valence-corrected chi connectivity index (χ1v) is 8.49. The average molecular weight is 346 g/mol. The largest absolute Gasteiger partial charge is 0.379 e. The lowest BCUT2D eigenvalue weighted by molar-refractivity contribution is 0.0342. The number of nitrogens with zero attached hydrogens (tertiary/aromatic N) is 1. The highest BCUT2D eigenvalue weighted by Gasteiger charge is 2.15. The minimum atomic E-state index is -0.463. The van der Waals surface area contributed by atoms with Crippen LogP contribution in [0.3, 0.4) is 0 Å². The lowest BCUT2D eigenvalue weighted by atomic mass is 8.97. The van der Waals surface area contributed by atoms with E-state index >= 15 is 0 Å². The molecule has 0 aromatic heterocycles. The Balaban J connectivity index is 0.000000923. The van der Waals surface area contributed by atoms with E-state index in [1.54, 1.807) is 0 Å². The molecule has 1 aliphatic rings. The summed E-state index contributed by atoms with van der Waals surface area (Å²) in [6, 6.07) is 7.87. The zero-order chi connectivity index (χ0) is 18.9. The molecular formula is C17H28B5N2O2. The molecule has 1 aromatic carbocycles. The molecule has 1 amide bonds. The van der Waals surface area contributed by atoms with Crippen LogP contribution in [-0.4, -0.2) is 79.3 Å². The second-order valence-electron chi connectivity index (χ2n) is 7.06. The fourth-order valence-electron chi connectivity index (χ4n) is 2.19. The highest BCUT2D eigenvalue weighted by molar-refractivity contribution is 7.60. The van der Waals surface area contributed by atoms with Crippen LogP contribution in [-0.2, 0) is 11.3 Å². The normalized spacial score (nSPS) is 14.3. The SMILES string of the molecule is C.CC(C)(C)NC(=O)c1ccc(CN2CCOCC2)cc1.[B][B]B([B])[B]. The van der Waals surface area contributed by atoms with Crippen LogP contribution in [0.5, 0.6) is 0 Å². The van der Waals surface area contributed by atoms with Gasteiger partial charge in [0, 0.05) is 67.4 Å². The van der Waals surface area contributed by atoms with Crippen LogP contribution in [0.2, 0.25) is 0 Å². The van der Waals surface area contributed by atoms with Crippen molar-refractivity contribution in [3.8, 4) is 0 Å². The van der Waals surface area contributed by atoms with E-state index < -0.39 is 6.39 Å². The number of hydrogen-bond acceptors (Lipinski definition) is 3. The molecule has 1 heterocycles. The molecule has 1 aliphatic heterocycles. The van der Waals surface area contributed by atoms with Gasteiger partial charge in [-0.2, -0.15) is 0 Å².